The van der Waals surface area contributed by atoms with Gasteiger partial charge in [-0.2, -0.15) is 0 Å². The van der Waals surface area contributed by atoms with E-state index < -0.39 is 0 Å². The van der Waals surface area contributed by atoms with Crippen molar-refractivity contribution in [2.45, 2.75) is 69.5 Å². The van der Waals surface area contributed by atoms with E-state index in [1.54, 1.807) is 19.1 Å². The third-order valence-electron chi connectivity index (χ3n) is 6.50. The largest absolute Gasteiger partial charge is 0.443 e. The first-order valence-electron chi connectivity index (χ1n) is 10.3. The molecule has 2 aliphatic heterocycles. The second-order valence-corrected chi connectivity index (χ2v) is 8.82. The molecule has 3 rings (SSSR count). The minimum Gasteiger partial charge on any atom is -0.443 e. The third-order valence-corrected chi connectivity index (χ3v) is 6.50. The Hall–Kier alpha value is -1.15. The number of carbonyl (C=O) groups excluding carboxylic acids is 1. The zero-order valence-corrected chi connectivity index (χ0v) is 18.1. The number of methoxy groups -OCH3 is 1. The summed E-state index contributed by atoms with van der Waals surface area (Å²) in [6, 6.07) is 0. The van der Waals surface area contributed by atoms with Crippen molar-refractivity contribution in [1.82, 2.24) is 10.2 Å². The van der Waals surface area contributed by atoms with E-state index in [9.17, 15) is 4.79 Å². The van der Waals surface area contributed by atoms with Gasteiger partial charge in [-0.25, -0.2) is 4.79 Å². The first-order valence-corrected chi connectivity index (χ1v) is 10.3. The zero-order valence-electron chi connectivity index (χ0n) is 18.1. The molecule has 0 bridgehead atoms. The smallest absolute Gasteiger partial charge is 0.409 e. The van der Waals surface area contributed by atoms with Crippen molar-refractivity contribution in [3.05, 3.63) is 11.6 Å². The molecule has 160 valence electrons. The van der Waals surface area contributed by atoms with Crippen LogP contribution in [0.25, 0.3) is 0 Å². The Kier molecular flexibility index (Phi) is 6.39. The van der Waals surface area contributed by atoms with Crippen molar-refractivity contribution in [1.29, 1.82) is 0 Å². The lowest BCUT2D eigenvalue weighted by Crippen LogP contribution is -2.56. The lowest BCUT2D eigenvalue weighted by molar-refractivity contribution is -0.121. The van der Waals surface area contributed by atoms with Crippen molar-refractivity contribution >= 4 is 6.09 Å². The summed E-state index contributed by atoms with van der Waals surface area (Å²) in [5, 5.41) is 3.04. The van der Waals surface area contributed by atoms with Crippen molar-refractivity contribution < 1.29 is 23.7 Å². The highest BCUT2D eigenvalue weighted by Crippen LogP contribution is 2.59. The summed E-state index contributed by atoms with van der Waals surface area (Å²) in [5.74, 6) is 0.0507. The van der Waals surface area contributed by atoms with E-state index in [0.29, 0.717) is 6.54 Å². The summed E-state index contributed by atoms with van der Waals surface area (Å²) in [4.78, 5) is 14.1. The van der Waals surface area contributed by atoms with Crippen LogP contribution in [0.15, 0.2) is 11.6 Å². The van der Waals surface area contributed by atoms with Crippen LogP contribution in [0.3, 0.4) is 0 Å². The molecule has 1 saturated carbocycles. The minimum atomic E-state index is -0.313. The molecule has 2 heterocycles. The minimum absolute atomic E-state index is 0.0507. The number of amides is 1. The van der Waals surface area contributed by atoms with Gasteiger partial charge < -0.3 is 29.2 Å². The second kappa shape index (κ2) is 8.30. The van der Waals surface area contributed by atoms with Crippen molar-refractivity contribution in [3.63, 3.8) is 0 Å². The Balaban J connectivity index is 1.70. The summed E-state index contributed by atoms with van der Waals surface area (Å²) in [6.45, 7) is 8.41. The highest BCUT2D eigenvalue weighted by molar-refractivity contribution is 5.67. The maximum Gasteiger partial charge on any atom is 0.409 e. The number of ether oxygens (including phenoxy) is 4. The van der Waals surface area contributed by atoms with Gasteiger partial charge in [0, 0.05) is 27.2 Å². The molecule has 1 aliphatic carbocycles. The summed E-state index contributed by atoms with van der Waals surface area (Å²) in [6.07, 6.45) is 4.03. The molecule has 7 heteroatoms. The Labute approximate surface area is 168 Å². The van der Waals surface area contributed by atoms with E-state index in [2.05, 4.69) is 32.2 Å². The SMILES string of the molecule is CNCCN(C)C(=O)OC1CC[C@]2(CO2)C(C2(C)O[C@@H]2CC=C(C)C)C1OC. The highest BCUT2D eigenvalue weighted by Gasteiger charge is 2.72. The summed E-state index contributed by atoms with van der Waals surface area (Å²) in [5.41, 5.74) is 0.779. The molecule has 7 nitrogen and oxygen atoms in total. The number of rotatable bonds is 8. The monoisotopic (exact) mass is 396 g/mol. The standard InChI is InChI=1S/C21H36N2O5/c1-14(2)7-8-16-20(3,28-16)18-17(25-6)15(9-10-21(18)13-26-21)27-19(24)23(5)12-11-22-4/h7,15-18,22H,8-13H2,1-6H3/t15?,16-,17?,18?,20?,21+/m1/s1. The van der Waals surface area contributed by atoms with Crippen LogP contribution >= 0.6 is 0 Å². The summed E-state index contributed by atoms with van der Waals surface area (Å²) >= 11 is 0. The Morgan fingerprint density at radius 3 is 2.68 bits per heavy atom. The maximum atomic E-state index is 12.5. The number of hydrogen-bond donors (Lipinski definition) is 1. The lowest BCUT2D eigenvalue weighted by atomic mass is 9.68. The van der Waals surface area contributed by atoms with Gasteiger partial charge >= 0.3 is 6.09 Å². The van der Waals surface area contributed by atoms with Gasteiger partial charge in [0.05, 0.1) is 18.6 Å². The molecule has 3 fully saturated rings. The third kappa shape index (κ3) is 4.22. The van der Waals surface area contributed by atoms with Crippen LogP contribution in [0.1, 0.15) is 40.0 Å². The molecule has 1 amide bonds. The predicted octanol–water partition coefficient (Wildman–Crippen LogP) is 2.35. The van der Waals surface area contributed by atoms with E-state index in [1.165, 1.54) is 5.57 Å². The van der Waals surface area contributed by atoms with Crippen molar-refractivity contribution in [2.24, 2.45) is 5.92 Å². The Morgan fingerprint density at radius 2 is 2.11 bits per heavy atom. The van der Waals surface area contributed by atoms with E-state index >= 15 is 0 Å². The molecular weight excluding hydrogens is 360 g/mol. The van der Waals surface area contributed by atoms with Gasteiger partial charge in [0.15, 0.2) is 0 Å². The predicted molar refractivity (Wildman–Crippen MR) is 106 cm³/mol. The van der Waals surface area contributed by atoms with E-state index in [-0.39, 0.29) is 41.5 Å². The first kappa shape index (κ1) is 21.6. The average Bonchev–Trinajstić information content (AvgIpc) is 3.57. The highest BCUT2D eigenvalue weighted by atomic mass is 16.6. The Bertz CT molecular complexity index is 602. The Morgan fingerprint density at radius 1 is 1.39 bits per heavy atom. The number of nitrogens with one attached hydrogen (secondary N) is 1. The average molecular weight is 397 g/mol. The van der Waals surface area contributed by atoms with E-state index in [0.717, 1.165) is 32.4 Å². The molecule has 0 radical (unpaired) electrons. The number of carbonyl (C=O) groups is 1. The van der Waals surface area contributed by atoms with Crippen LogP contribution in [0, 0.1) is 5.92 Å². The number of hydrogen-bond acceptors (Lipinski definition) is 6. The van der Waals surface area contributed by atoms with Crippen LogP contribution in [-0.2, 0) is 18.9 Å². The molecule has 6 atom stereocenters. The van der Waals surface area contributed by atoms with E-state index in [1.807, 2.05) is 7.05 Å². The van der Waals surface area contributed by atoms with Gasteiger partial charge in [0.25, 0.3) is 0 Å². The van der Waals surface area contributed by atoms with Gasteiger partial charge in [-0.05, 0) is 47.1 Å². The van der Waals surface area contributed by atoms with Gasteiger partial charge in [-0.3, -0.25) is 0 Å². The molecule has 2 saturated heterocycles. The summed E-state index contributed by atoms with van der Waals surface area (Å²) in [7, 11) is 5.32. The van der Waals surface area contributed by atoms with Crippen LogP contribution in [-0.4, -0.2) is 81.4 Å². The number of epoxide rings is 2. The second-order valence-electron chi connectivity index (χ2n) is 8.82. The van der Waals surface area contributed by atoms with Crippen molar-refractivity contribution in [3.8, 4) is 0 Å². The normalized spacial score (nSPS) is 38.8. The molecule has 4 unspecified atom stereocenters. The lowest BCUT2D eigenvalue weighted by Gasteiger charge is -2.43. The zero-order chi connectivity index (χ0) is 20.5. The van der Waals surface area contributed by atoms with Crippen LogP contribution in [0.4, 0.5) is 4.79 Å². The van der Waals surface area contributed by atoms with Gasteiger partial charge in [0.1, 0.15) is 23.4 Å². The molecule has 1 spiro atoms. The van der Waals surface area contributed by atoms with Crippen LogP contribution in [0.5, 0.6) is 0 Å². The molecule has 0 aromatic carbocycles. The quantitative estimate of drug-likeness (QED) is 0.501. The molecule has 3 aliphatic rings. The van der Waals surface area contributed by atoms with E-state index in [4.69, 9.17) is 18.9 Å². The number of allylic oxidation sites excluding steroid dienone is 1. The van der Waals surface area contributed by atoms with Gasteiger partial charge in [-0.15, -0.1) is 0 Å². The van der Waals surface area contributed by atoms with Crippen LogP contribution in [0.2, 0.25) is 0 Å². The fourth-order valence-corrected chi connectivity index (χ4v) is 4.66. The number of nitrogens with zero attached hydrogens (tertiary/aromatic N) is 1. The molecule has 0 aromatic rings. The topological polar surface area (TPSA) is 75.9 Å². The molecule has 1 N–H and O–H groups in total. The summed E-state index contributed by atoms with van der Waals surface area (Å²) < 4.78 is 23.9. The van der Waals surface area contributed by atoms with Gasteiger partial charge in [-0.1, -0.05) is 11.6 Å². The fourth-order valence-electron chi connectivity index (χ4n) is 4.66. The first-order chi connectivity index (χ1) is 13.3. The molecule has 0 aromatic heterocycles. The fraction of sp³-hybridized carbons (Fsp3) is 0.857. The van der Waals surface area contributed by atoms with Gasteiger partial charge in [0.2, 0.25) is 0 Å². The maximum absolute atomic E-state index is 12.5. The molecule has 28 heavy (non-hydrogen) atoms. The van der Waals surface area contributed by atoms with Crippen LogP contribution < -0.4 is 5.32 Å². The number of likely N-dealkylation sites (N-methyl/N-ethyl adjacent to an activating group) is 2. The molecular formula is C21H36N2O5. The van der Waals surface area contributed by atoms with Crippen molar-refractivity contribution in [2.75, 3.05) is 40.9 Å².